The Morgan fingerprint density at radius 2 is 1.97 bits per heavy atom. The Labute approximate surface area is 221 Å². The fraction of sp³-hybridized carbons (Fsp3) is 0.321. The Hall–Kier alpha value is -4.31. The summed E-state index contributed by atoms with van der Waals surface area (Å²) < 4.78 is 8.03. The van der Waals surface area contributed by atoms with E-state index in [4.69, 9.17) is 10.1 Å². The van der Waals surface area contributed by atoms with Gasteiger partial charge in [0.25, 0.3) is 0 Å². The standard InChI is InChI=1S/C28H31N9O/c1-30-35-25(13-29)20-4-2-19(3-5-20)14-31-27-12-24(33-18-34-27)26-15-32-28-11-23(6-7-37(26)28)38-9-8-36-16-21-10-22(21)17-36/h2-7,11-13,15,18,21-22,29-30H,8-10,14,16-17H2,1H3,(H,31,33,34)/b29-13?,35-25+. The van der Waals surface area contributed by atoms with Gasteiger partial charge in [0.05, 0.1) is 17.6 Å². The summed E-state index contributed by atoms with van der Waals surface area (Å²) >= 11 is 0. The molecule has 6 rings (SSSR count). The molecule has 38 heavy (non-hydrogen) atoms. The predicted octanol–water partition coefficient (Wildman–Crippen LogP) is 3.31. The zero-order valence-corrected chi connectivity index (χ0v) is 21.3. The minimum Gasteiger partial charge on any atom is -0.492 e. The number of aromatic nitrogens is 4. The van der Waals surface area contributed by atoms with Crippen LogP contribution >= 0.6 is 0 Å². The number of nitrogens with one attached hydrogen (secondary N) is 3. The average Bonchev–Trinajstić information content (AvgIpc) is 3.35. The molecular weight excluding hydrogens is 478 g/mol. The minimum atomic E-state index is 0.581. The van der Waals surface area contributed by atoms with Crippen molar-refractivity contribution in [1.82, 2.24) is 29.7 Å². The Morgan fingerprint density at radius 1 is 1.13 bits per heavy atom. The number of fused-ring (bicyclic) bond motifs is 2. The molecule has 1 saturated heterocycles. The van der Waals surface area contributed by atoms with Gasteiger partial charge in [0, 0.05) is 63.3 Å². The summed E-state index contributed by atoms with van der Waals surface area (Å²) in [5.74, 6) is 3.46. The van der Waals surface area contributed by atoms with Crippen LogP contribution in [-0.2, 0) is 6.54 Å². The van der Waals surface area contributed by atoms with E-state index in [-0.39, 0.29) is 0 Å². The van der Waals surface area contributed by atoms with Gasteiger partial charge in [0.2, 0.25) is 0 Å². The minimum absolute atomic E-state index is 0.581. The third kappa shape index (κ3) is 5.21. The van der Waals surface area contributed by atoms with Crippen LogP contribution in [0.4, 0.5) is 5.82 Å². The van der Waals surface area contributed by atoms with Gasteiger partial charge in [-0.1, -0.05) is 24.3 Å². The molecule has 2 atom stereocenters. The summed E-state index contributed by atoms with van der Waals surface area (Å²) in [6.45, 7) is 4.75. The van der Waals surface area contributed by atoms with Crippen LogP contribution < -0.4 is 15.5 Å². The number of anilines is 1. The molecule has 1 saturated carbocycles. The van der Waals surface area contributed by atoms with E-state index in [1.165, 1.54) is 25.7 Å². The molecule has 4 aromatic rings. The van der Waals surface area contributed by atoms with E-state index in [1.54, 1.807) is 13.4 Å². The lowest BCUT2D eigenvalue weighted by Gasteiger charge is -2.17. The second-order valence-corrected chi connectivity index (χ2v) is 9.80. The molecule has 194 valence electrons. The topological polar surface area (TPSA) is 116 Å². The zero-order chi connectivity index (χ0) is 25.9. The first-order valence-corrected chi connectivity index (χ1v) is 12.9. The molecule has 0 bridgehead atoms. The summed E-state index contributed by atoms with van der Waals surface area (Å²) in [7, 11) is 1.72. The lowest BCUT2D eigenvalue weighted by atomic mass is 10.1. The largest absolute Gasteiger partial charge is 0.492 e. The van der Waals surface area contributed by atoms with Crippen molar-refractivity contribution in [3.63, 3.8) is 0 Å². The normalized spacial score (nSPS) is 18.8. The van der Waals surface area contributed by atoms with Gasteiger partial charge in [-0.05, 0) is 29.9 Å². The molecule has 3 aromatic heterocycles. The number of hydrazone groups is 1. The first kappa shape index (κ1) is 24.1. The number of imidazole rings is 1. The van der Waals surface area contributed by atoms with Crippen LogP contribution in [0.2, 0.25) is 0 Å². The van der Waals surface area contributed by atoms with Crippen molar-refractivity contribution >= 4 is 23.4 Å². The summed E-state index contributed by atoms with van der Waals surface area (Å²) in [6.07, 6.45) is 8.03. The molecular formula is C28H31N9O. The van der Waals surface area contributed by atoms with Crippen LogP contribution in [0.15, 0.2) is 66.3 Å². The van der Waals surface area contributed by atoms with Crippen molar-refractivity contribution in [3.8, 4) is 17.1 Å². The molecule has 2 fully saturated rings. The van der Waals surface area contributed by atoms with Crippen LogP contribution in [0, 0.1) is 17.2 Å². The zero-order valence-electron chi connectivity index (χ0n) is 21.3. The number of hydrogen-bond donors (Lipinski definition) is 3. The van der Waals surface area contributed by atoms with Gasteiger partial charge < -0.3 is 20.9 Å². The van der Waals surface area contributed by atoms with Crippen LogP contribution in [-0.4, -0.2) is 69.5 Å². The third-order valence-electron chi connectivity index (χ3n) is 7.24. The van der Waals surface area contributed by atoms with Crippen molar-refractivity contribution in [2.24, 2.45) is 16.9 Å². The van der Waals surface area contributed by atoms with Crippen molar-refractivity contribution < 1.29 is 4.74 Å². The van der Waals surface area contributed by atoms with E-state index in [9.17, 15) is 0 Å². The van der Waals surface area contributed by atoms with Crippen LogP contribution in [0.1, 0.15) is 17.5 Å². The van der Waals surface area contributed by atoms with Crippen LogP contribution in [0.25, 0.3) is 17.0 Å². The molecule has 1 aliphatic heterocycles. The maximum atomic E-state index is 7.51. The summed E-state index contributed by atoms with van der Waals surface area (Å²) in [5.41, 5.74) is 7.77. The SMILES string of the molecule is CN/N=C(\C=N)c1ccc(CNc2cc(-c3cnc4cc(OCCN5CC6CC6C5)ccn34)ncn2)cc1. The number of rotatable bonds is 11. The van der Waals surface area contributed by atoms with Gasteiger partial charge in [0.15, 0.2) is 0 Å². The first-order chi connectivity index (χ1) is 18.7. The Morgan fingerprint density at radius 3 is 2.76 bits per heavy atom. The molecule has 10 heteroatoms. The van der Waals surface area contributed by atoms with E-state index >= 15 is 0 Å². The van der Waals surface area contributed by atoms with E-state index in [0.29, 0.717) is 18.9 Å². The van der Waals surface area contributed by atoms with Crippen molar-refractivity contribution in [2.45, 2.75) is 13.0 Å². The number of nitrogens with zero attached hydrogens (tertiary/aromatic N) is 6. The average molecular weight is 510 g/mol. The number of piperidine rings is 1. The lowest BCUT2D eigenvalue weighted by Crippen LogP contribution is -2.27. The Balaban J connectivity index is 1.08. The first-order valence-electron chi connectivity index (χ1n) is 12.9. The quantitative estimate of drug-likeness (QED) is 0.210. The maximum Gasteiger partial charge on any atom is 0.140 e. The number of benzene rings is 1. The van der Waals surface area contributed by atoms with E-state index in [1.807, 2.05) is 59.3 Å². The van der Waals surface area contributed by atoms with Crippen LogP contribution in [0.3, 0.4) is 0 Å². The summed E-state index contributed by atoms with van der Waals surface area (Å²) in [6, 6.07) is 13.8. The van der Waals surface area contributed by atoms with Gasteiger partial charge in [-0.3, -0.25) is 9.30 Å². The van der Waals surface area contributed by atoms with Crippen molar-refractivity contribution in [2.75, 3.05) is 38.6 Å². The van der Waals surface area contributed by atoms with Gasteiger partial charge in [-0.15, -0.1) is 0 Å². The molecule has 0 spiro atoms. The molecule has 1 aliphatic carbocycles. The predicted molar refractivity (Wildman–Crippen MR) is 148 cm³/mol. The molecule has 0 radical (unpaired) electrons. The van der Waals surface area contributed by atoms with Gasteiger partial charge in [-0.25, -0.2) is 15.0 Å². The summed E-state index contributed by atoms with van der Waals surface area (Å²) in [4.78, 5) is 16.0. The molecule has 10 nitrogen and oxygen atoms in total. The van der Waals surface area contributed by atoms with Crippen molar-refractivity contribution in [3.05, 3.63) is 72.3 Å². The fourth-order valence-electron chi connectivity index (χ4n) is 5.09. The van der Waals surface area contributed by atoms with Crippen molar-refractivity contribution in [1.29, 1.82) is 5.41 Å². The smallest absolute Gasteiger partial charge is 0.140 e. The van der Waals surface area contributed by atoms with Crippen LogP contribution in [0.5, 0.6) is 5.75 Å². The Bertz CT molecular complexity index is 1450. The maximum absolute atomic E-state index is 7.51. The van der Waals surface area contributed by atoms with E-state index in [2.05, 4.69) is 35.7 Å². The number of pyridine rings is 1. The molecule has 2 unspecified atom stereocenters. The highest BCUT2D eigenvalue weighted by Gasteiger charge is 2.44. The Kier molecular flexibility index (Phi) is 6.70. The van der Waals surface area contributed by atoms with E-state index in [0.717, 1.165) is 58.1 Å². The molecule has 3 N–H and O–H groups in total. The molecule has 4 heterocycles. The van der Waals surface area contributed by atoms with Gasteiger partial charge in [-0.2, -0.15) is 5.10 Å². The van der Waals surface area contributed by atoms with Gasteiger partial charge >= 0.3 is 0 Å². The van der Waals surface area contributed by atoms with E-state index < -0.39 is 0 Å². The lowest BCUT2D eigenvalue weighted by molar-refractivity contribution is 0.224. The number of likely N-dealkylation sites (tertiary alicyclic amines) is 1. The highest BCUT2D eigenvalue weighted by atomic mass is 16.5. The fourth-order valence-corrected chi connectivity index (χ4v) is 5.09. The highest BCUT2D eigenvalue weighted by molar-refractivity contribution is 6.37. The second-order valence-electron chi connectivity index (χ2n) is 9.80. The third-order valence-corrected chi connectivity index (χ3v) is 7.24. The van der Waals surface area contributed by atoms with Gasteiger partial charge in [0.1, 0.15) is 35.9 Å². The molecule has 1 aromatic carbocycles. The monoisotopic (exact) mass is 509 g/mol. The highest BCUT2D eigenvalue weighted by Crippen LogP contribution is 2.44. The number of ether oxygens (including phenoxy) is 1. The molecule has 0 amide bonds. The molecule has 2 aliphatic rings. The number of hydrogen-bond acceptors (Lipinski definition) is 9. The summed E-state index contributed by atoms with van der Waals surface area (Å²) in [5, 5.41) is 15.0. The second kappa shape index (κ2) is 10.6.